The fraction of sp³-hybridized carbons (Fsp3) is 0.231. The lowest BCUT2D eigenvalue weighted by Gasteiger charge is -2.10. The molecule has 1 aromatic carbocycles. The molecule has 0 aliphatic heterocycles. The second-order valence-electron chi connectivity index (χ2n) is 4.01. The number of hydrogen-bond donors (Lipinski definition) is 1. The second kappa shape index (κ2) is 5.53. The molecule has 1 unspecified atom stereocenters. The lowest BCUT2D eigenvalue weighted by atomic mass is 10.1. The minimum atomic E-state index is 0.0317. The molecule has 0 aliphatic carbocycles. The van der Waals surface area contributed by atoms with Gasteiger partial charge in [-0.05, 0) is 53.0 Å². The number of nitrogens with two attached hydrogens (primary N) is 1. The summed E-state index contributed by atoms with van der Waals surface area (Å²) >= 11 is 11.2. The molecular weight excluding hydrogens is 318 g/mol. The molecule has 2 N–H and O–H groups in total. The molecule has 1 nitrogen and oxygen atoms in total. The summed E-state index contributed by atoms with van der Waals surface area (Å²) in [6.07, 6.45) is 0.829. The lowest BCUT2D eigenvalue weighted by molar-refractivity contribution is 0.733. The molecule has 0 spiro atoms. The summed E-state index contributed by atoms with van der Waals surface area (Å²) in [5.74, 6) is 0. The Morgan fingerprint density at radius 3 is 2.53 bits per heavy atom. The molecule has 0 aliphatic rings. The highest BCUT2D eigenvalue weighted by Gasteiger charge is 2.13. The average Bonchev–Trinajstić information content (AvgIpc) is 2.61. The van der Waals surface area contributed by atoms with E-state index in [1.807, 2.05) is 24.3 Å². The van der Waals surface area contributed by atoms with Crippen LogP contribution in [0.3, 0.4) is 0 Å². The number of aryl methyl sites for hydroxylation is 1. The van der Waals surface area contributed by atoms with E-state index in [-0.39, 0.29) is 6.04 Å². The first-order chi connectivity index (χ1) is 8.06. The van der Waals surface area contributed by atoms with Crippen LogP contribution in [0.25, 0.3) is 0 Å². The van der Waals surface area contributed by atoms with Crippen molar-refractivity contribution in [2.45, 2.75) is 19.4 Å². The third-order valence-corrected chi connectivity index (χ3v) is 4.89. The summed E-state index contributed by atoms with van der Waals surface area (Å²) in [6, 6.07) is 10.00. The predicted molar refractivity (Wildman–Crippen MR) is 78.8 cm³/mol. The molecule has 0 bridgehead atoms. The zero-order valence-corrected chi connectivity index (χ0v) is 12.6. The Balaban J connectivity index is 2.14. The summed E-state index contributed by atoms with van der Waals surface area (Å²) in [5, 5.41) is 0.760. The SMILES string of the molecule is Cc1cc(Br)c(C(N)Cc2ccc(Cl)cc2)s1. The van der Waals surface area contributed by atoms with Crippen LogP contribution in [0, 0.1) is 6.92 Å². The maximum Gasteiger partial charge on any atom is 0.0442 e. The Morgan fingerprint density at radius 2 is 2.00 bits per heavy atom. The van der Waals surface area contributed by atoms with Crippen molar-refractivity contribution in [3.8, 4) is 0 Å². The number of rotatable bonds is 3. The van der Waals surface area contributed by atoms with E-state index in [4.69, 9.17) is 17.3 Å². The van der Waals surface area contributed by atoms with Gasteiger partial charge < -0.3 is 5.73 Å². The predicted octanol–water partition coefficient (Wildman–Crippen LogP) is 4.71. The van der Waals surface area contributed by atoms with Crippen molar-refractivity contribution in [1.29, 1.82) is 0 Å². The minimum Gasteiger partial charge on any atom is -0.323 e. The molecule has 90 valence electrons. The van der Waals surface area contributed by atoms with E-state index in [1.54, 1.807) is 11.3 Å². The van der Waals surface area contributed by atoms with Gasteiger partial charge in [-0.2, -0.15) is 0 Å². The largest absolute Gasteiger partial charge is 0.323 e. The summed E-state index contributed by atoms with van der Waals surface area (Å²) in [4.78, 5) is 2.48. The zero-order chi connectivity index (χ0) is 12.4. The summed E-state index contributed by atoms with van der Waals surface area (Å²) < 4.78 is 1.11. The van der Waals surface area contributed by atoms with E-state index in [2.05, 4.69) is 28.9 Å². The van der Waals surface area contributed by atoms with Crippen molar-refractivity contribution in [3.05, 3.63) is 55.1 Å². The molecule has 1 atom stereocenters. The van der Waals surface area contributed by atoms with Gasteiger partial charge in [0.05, 0.1) is 0 Å². The molecule has 0 saturated heterocycles. The van der Waals surface area contributed by atoms with Crippen LogP contribution in [0.15, 0.2) is 34.8 Å². The average molecular weight is 331 g/mol. The third-order valence-electron chi connectivity index (χ3n) is 2.54. The monoisotopic (exact) mass is 329 g/mol. The smallest absolute Gasteiger partial charge is 0.0442 e. The fourth-order valence-electron chi connectivity index (χ4n) is 1.72. The summed E-state index contributed by atoms with van der Waals surface area (Å²) in [7, 11) is 0. The van der Waals surface area contributed by atoms with Crippen LogP contribution in [-0.4, -0.2) is 0 Å². The quantitative estimate of drug-likeness (QED) is 0.866. The maximum atomic E-state index is 6.23. The minimum absolute atomic E-state index is 0.0317. The van der Waals surface area contributed by atoms with Gasteiger partial charge in [0.1, 0.15) is 0 Å². The summed E-state index contributed by atoms with van der Waals surface area (Å²) in [5.41, 5.74) is 7.43. The second-order valence-corrected chi connectivity index (χ2v) is 6.58. The Labute approximate surface area is 119 Å². The first kappa shape index (κ1) is 13.1. The molecule has 17 heavy (non-hydrogen) atoms. The number of halogens is 2. The molecule has 4 heteroatoms. The van der Waals surface area contributed by atoms with Gasteiger partial charge in [0.15, 0.2) is 0 Å². The highest BCUT2D eigenvalue weighted by molar-refractivity contribution is 9.10. The molecule has 0 fully saturated rings. The third kappa shape index (κ3) is 3.32. The first-order valence-electron chi connectivity index (χ1n) is 5.32. The number of hydrogen-bond acceptors (Lipinski definition) is 2. The fourth-order valence-corrected chi connectivity index (χ4v) is 3.79. The molecule has 0 radical (unpaired) electrons. The van der Waals surface area contributed by atoms with Crippen LogP contribution >= 0.6 is 38.9 Å². The Hall–Kier alpha value is -0.350. The molecule has 1 heterocycles. The van der Waals surface area contributed by atoms with Crippen molar-refractivity contribution in [3.63, 3.8) is 0 Å². The van der Waals surface area contributed by atoms with Crippen molar-refractivity contribution in [2.75, 3.05) is 0 Å². The molecule has 1 aromatic heterocycles. The van der Waals surface area contributed by atoms with Gasteiger partial charge in [0, 0.05) is 25.3 Å². The van der Waals surface area contributed by atoms with Crippen LogP contribution in [-0.2, 0) is 6.42 Å². The Morgan fingerprint density at radius 1 is 1.35 bits per heavy atom. The van der Waals surface area contributed by atoms with E-state index in [1.165, 1.54) is 15.3 Å². The van der Waals surface area contributed by atoms with Crippen molar-refractivity contribution in [1.82, 2.24) is 0 Å². The van der Waals surface area contributed by atoms with Gasteiger partial charge in [0.2, 0.25) is 0 Å². The van der Waals surface area contributed by atoms with Gasteiger partial charge in [-0.1, -0.05) is 23.7 Å². The van der Waals surface area contributed by atoms with Crippen LogP contribution < -0.4 is 5.73 Å². The Bertz CT molecular complexity index is 507. The zero-order valence-electron chi connectivity index (χ0n) is 9.41. The van der Waals surface area contributed by atoms with Crippen LogP contribution in [0.4, 0.5) is 0 Å². The van der Waals surface area contributed by atoms with Gasteiger partial charge in [-0.15, -0.1) is 11.3 Å². The summed E-state index contributed by atoms with van der Waals surface area (Å²) in [6.45, 7) is 2.09. The van der Waals surface area contributed by atoms with Crippen molar-refractivity contribution >= 4 is 38.9 Å². The van der Waals surface area contributed by atoms with Gasteiger partial charge in [-0.3, -0.25) is 0 Å². The van der Waals surface area contributed by atoms with Crippen molar-refractivity contribution in [2.24, 2.45) is 5.73 Å². The standard InChI is InChI=1S/C13H13BrClNS/c1-8-6-11(14)13(17-8)12(16)7-9-2-4-10(15)5-3-9/h2-6,12H,7,16H2,1H3. The number of benzene rings is 1. The van der Waals surface area contributed by atoms with Crippen LogP contribution in [0.5, 0.6) is 0 Å². The van der Waals surface area contributed by atoms with Gasteiger partial charge >= 0.3 is 0 Å². The highest BCUT2D eigenvalue weighted by Crippen LogP contribution is 2.32. The molecular formula is C13H13BrClNS. The highest BCUT2D eigenvalue weighted by atomic mass is 79.9. The van der Waals surface area contributed by atoms with Crippen molar-refractivity contribution < 1.29 is 0 Å². The van der Waals surface area contributed by atoms with Gasteiger partial charge in [-0.25, -0.2) is 0 Å². The Kier molecular flexibility index (Phi) is 4.26. The van der Waals surface area contributed by atoms with Gasteiger partial charge in [0.25, 0.3) is 0 Å². The van der Waals surface area contributed by atoms with E-state index < -0.39 is 0 Å². The molecule has 0 saturated carbocycles. The molecule has 2 aromatic rings. The number of thiophene rings is 1. The molecule has 0 amide bonds. The van der Waals surface area contributed by atoms with Crippen LogP contribution in [0.1, 0.15) is 21.4 Å². The topological polar surface area (TPSA) is 26.0 Å². The van der Waals surface area contributed by atoms with E-state index >= 15 is 0 Å². The van der Waals surface area contributed by atoms with E-state index in [0.29, 0.717) is 0 Å². The normalized spacial score (nSPS) is 12.7. The first-order valence-corrected chi connectivity index (χ1v) is 7.31. The van der Waals surface area contributed by atoms with E-state index in [0.717, 1.165) is 15.9 Å². The lowest BCUT2D eigenvalue weighted by Crippen LogP contribution is -2.12. The molecule has 2 rings (SSSR count). The maximum absolute atomic E-state index is 6.23. The van der Waals surface area contributed by atoms with E-state index in [9.17, 15) is 0 Å². The van der Waals surface area contributed by atoms with Crippen LogP contribution in [0.2, 0.25) is 5.02 Å².